The number of carbonyl (C=O) groups excluding carboxylic acids is 2. The zero-order chi connectivity index (χ0) is 30.5. The first kappa shape index (κ1) is 31.2. The van der Waals surface area contributed by atoms with Crippen LogP contribution in [0.4, 0.5) is 30.7 Å². The van der Waals surface area contributed by atoms with Gasteiger partial charge < -0.3 is 15.6 Å². The van der Waals surface area contributed by atoms with Crippen molar-refractivity contribution in [2.75, 3.05) is 0 Å². The third kappa shape index (κ3) is 9.41. The van der Waals surface area contributed by atoms with E-state index in [1.54, 1.807) is 18.2 Å². The van der Waals surface area contributed by atoms with Crippen LogP contribution in [0.5, 0.6) is 0 Å². The Hall–Kier alpha value is -3.72. The lowest BCUT2D eigenvalue weighted by atomic mass is 9.97. The molecule has 1 atom stereocenters. The van der Waals surface area contributed by atoms with Gasteiger partial charge in [-0.1, -0.05) is 12.5 Å². The maximum absolute atomic E-state index is 13.0. The number of aromatic amines is 1. The molecular formula is C26H30F7N7O2. The molecule has 1 unspecified atom stereocenters. The van der Waals surface area contributed by atoms with Gasteiger partial charge in [0, 0.05) is 38.1 Å². The number of aromatic nitrogens is 5. The zero-order valence-electron chi connectivity index (χ0n) is 22.4. The number of carbonyl (C=O) groups is 2. The van der Waals surface area contributed by atoms with E-state index < -0.39 is 48.6 Å². The first-order valence-corrected chi connectivity index (χ1v) is 13.4. The van der Waals surface area contributed by atoms with Crippen molar-refractivity contribution in [3.63, 3.8) is 0 Å². The van der Waals surface area contributed by atoms with Gasteiger partial charge in [-0.2, -0.15) is 23.1 Å². The minimum atomic E-state index is -4.39. The summed E-state index contributed by atoms with van der Waals surface area (Å²) < 4.78 is 87.0. The van der Waals surface area contributed by atoms with Crippen LogP contribution in [0.15, 0.2) is 24.4 Å². The molecule has 2 aromatic heterocycles. The third-order valence-electron chi connectivity index (χ3n) is 6.83. The number of rotatable bonds is 9. The number of alkyl halides is 7. The number of H-pyrrole nitrogens is 1. The summed E-state index contributed by atoms with van der Waals surface area (Å²) >= 11 is 0. The molecule has 0 radical (unpaired) electrons. The fraction of sp³-hybridized carbons (Fsp3) is 0.577. The number of fused-ring (bicyclic) bond motifs is 1. The van der Waals surface area contributed by atoms with Gasteiger partial charge in [-0.25, -0.2) is 22.5 Å². The highest BCUT2D eigenvalue weighted by atomic mass is 19.4. The van der Waals surface area contributed by atoms with Crippen LogP contribution in [0.3, 0.4) is 0 Å². The number of hydrogen-bond donors (Lipinski definition) is 3. The predicted octanol–water partition coefficient (Wildman–Crippen LogP) is 5.28. The zero-order valence-corrected chi connectivity index (χ0v) is 22.4. The number of imidazole rings is 1. The molecule has 0 spiro atoms. The molecule has 2 fully saturated rings. The van der Waals surface area contributed by atoms with Crippen molar-refractivity contribution in [1.29, 1.82) is 0 Å². The van der Waals surface area contributed by atoms with Crippen LogP contribution in [-0.2, 0) is 24.4 Å². The summed E-state index contributed by atoms with van der Waals surface area (Å²) in [4.78, 5) is 32.3. The van der Waals surface area contributed by atoms with Gasteiger partial charge in [0.05, 0.1) is 36.7 Å². The van der Waals surface area contributed by atoms with Crippen LogP contribution >= 0.6 is 0 Å². The average molecular weight is 606 g/mol. The Labute approximate surface area is 235 Å². The number of amides is 2. The first-order chi connectivity index (χ1) is 19.7. The van der Waals surface area contributed by atoms with Gasteiger partial charge in [0.15, 0.2) is 5.69 Å². The van der Waals surface area contributed by atoms with Gasteiger partial charge in [-0.15, -0.1) is 5.10 Å². The molecule has 5 rings (SSSR count). The van der Waals surface area contributed by atoms with E-state index >= 15 is 0 Å². The minimum absolute atomic E-state index is 0.0105. The monoisotopic (exact) mass is 605 g/mol. The van der Waals surface area contributed by atoms with Crippen LogP contribution in [0.2, 0.25) is 0 Å². The number of nitrogens with one attached hydrogen (secondary N) is 3. The molecule has 9 nitrogen and oxygen atoms in total. The second kappa shape index (κ2) is 12.7. The lowest BCUT2D eigenvalue weighted by Gasteiger charge is -2.20. The summed E-state index contributed by atoms with van der Waals surface area (Å²) in [6.07, 6.45) is -2.56. The van der Waals surface area contributed by atoms with Crippen LogP contribution in [-0.4, -0.2) is 54.8 Å². The quantitative estimate of drug-likeness (QED) is 0.287. The summed E-state index contributed by atoms with van der Waals surface area (Å²) in [6, 6.07) is 5.04. The third-order valence-corrected chi connectivity index (χ3v) is 6.83. The van der Waals surface area contributed by atoms with E-state index in [9.17, 15) is 40.3 Å². The molecule has 2 saturated carbocycles. The molecule has 2 aliphatic rings. The van der Waals surface area contributed by atoms with Gasteiger partial charge in [-0.05, 0) is 30.5 Å². The van der Waals surface area contributed by atoms with Crippen molar-refractivity contribution in [1.82, 2.24) is 35.6 Å². The van der Waals surface area contributed by atoms with Gasteiger partial charge in [0.25, 0.3) is 11.8 Å². The maximum atomic E-state index is 13.0. The Kier molecular flexibility index (Phi) is 9.40. The fourth-order valence-corrected chi connectivity index (χ4v) is 4.33. The molecule has 2 aliphatic carbocycles. The Morgan fingerprint density at radius 3 is 2.38 bits per heavy atom. The lowest BCUT2D eigenvalue weighted by Crippen LogP contribution is -2.24. The number of nitrogens with zero attached hydrogens (tertiary/aromatic N) is 4. The summed E-state index contributed by atoms with van der Waals surface area (Å²) in [7, 11) is 0. The molecule has 2 amide bonds. The van der Waals surface area contributed by atoms with E-state index in [1.807, 2.05) is 0 Å². The van der Waals surface area contributed by atoms with Crippen molar-refractivity contribution < 1.29 is 40.3 Å². The second-order valence-corrected chi connectivity index (χ2v) is 10.5. The predicted molar refractivity (Wildman–Crippen MR) is 136 cm³/mol. The molecule has 42 heavy (non-hydrogen) atoms. The topological polar surface area (TPSA) is 118 Å². The maximum Gasteiger partial charge on any atom is 0.389 e. The Balaban J connectivity index is 0.000000437. The molecular weight excluding hydrogens is 575 g/mol. The van der Waals surface area contributed by atoms with Gasteiger partial charge in [0.1, 0.15) is 5.82 Å². The molecule has 0 bridgehead atoms. The highest BCUT2D eigenvalue weighted by Gasteiger charge is 2.57. The first-order valence-electron chi connectivity index (χ1n) is 13.4. The lowest BCUT2D eigenvalue weighted by molar-refractivity contribution is -0.144. The van der Waals surface area contributed by atoms with Gasteiger partial charge >= 0.3 is 6.18 Å². The summed E-state index contributed by atoms with van der Waals surface area (Å²) in [5.41, 5.74) is 1.85. The minimum Gasteiger partial charge on any atom is -0.352 e. The van der Waals surface area contributed by atoms with Crippen LogP contribution in [0, 0.1) is 5.92 Å². The smallest absolute Gasteiger partial charge is 0.352 e. The van der Waals surface area contributed by atoms with Gasteiger partial charge in [-0.3, -0.25) is 9.59 Å². The molecule has 230 valence electrons. The Morgan fingerprint density at radius 2 is 1.76 bits per heavy atom. The Morgan fingerprint density at radius 1 is 1.05 bits per heavy atom. The summed E-state index contributed by atoms with van der Waals surface area (Å²) in [5.74, 6) is -6.65. The van der Waals surface area contributed by atoms with Crippen molar-refractivity contribution in [3.05, 3.63) is 41.5 Å². The SMILES string of the molecule is FC1(F)CCCCC1.O=C(CCC(F)(F)F)NCc1ccc2nc(CNC(=O)c3cnn(CC4CC4(F)F)n3)[nH]c2c1. The van der Waals surface area contributed by atoms with E-state index in [4.69, 9.17) is 0 Å². The highest BCUT2D eigenvalue weighted by Crippen LogP contribution is 2.49. The molecule has 1 aromatic carbocycles. The van der Waals surface area contributed by atoms with Gasteiger partial charge in [0.2, 0.25) is 11.8 Å². The summed E-state index contributed by atoms with van der Waals surface area (Å²) in [6.45, 7) is 0.0275. The number of benzene rings is 1. The average Bonchev–Trinajstić information content (AvgIpc) is 3.26. The standard InChI is InChI=1S/C20H20F5N7O2.C6H10F2/c21-19(22)6-12(19)10-32-28-8-15(31-32)18(34)27-9-16-29-13-2-1-11(5-14(13)30-16)7-26-17(33)3-4-20(23,24)25;7-6(8)4-2-1-3-5-6/h1-2,5,8,12H,3-4,6-7,9-10H2,(H,26,33)(H,27,34)(H,29,30);1-5H2. The van der Waals surface area contributed by atoms with E-state index in [0.29, 0.717) is 35.3 Å². The van der Waals surface area contributed by atoms with Crippen LogP contribution in [0.25, 0.3) is 11.0 Å². The molecule has 3 aromatic rings. The largest absolute Gasteiger partial charge is 0.389 e. The van der Waals surface area contributed by atoms with Crippen molar-refractivity contribution >= 4 is 22.8 Å². The molecule has 0 aliphatic heterocycles. The molecule has 16 heteroatoms. The normalized spacial score (nSPS) is 19.1. The van der Waals surface area contributed by atoms with Crippen molar-refractivity contribution in [2.24, 2.45) is 5.92 Å². The second-order valence-electron chi connectivity index (χ2n) is 10.5. The molecule has 3 N–H and O–H groups in total. The van der Waals surface area contributed by atoms with Crippen LogP contribution in [0.1, 0.15) is 73.2 Å². The highest BCUT2D eigenvalue weighted by molar-refractivity contribution is 5.91. The molecule has 2 heterocycles. The molecule has 0 saturated heterocycles. The summed E-state index contributed by atoms with van der Waals surface area (Å²) in [5, 5.41) is 12.8. The number of hydrogen-bond acceptors (Lipinski definition) is 5. The van der Waals surface area contributed by atoms with Crippen molar-refractivity contribution in [3.8, 4) is 0 Å². The van der Waals surface area contributed by atoms with E-state index in [1.165, 1.54) is 6.20 Å². The number of halogens is 7. The van der Waals surface area contributed by atoms with E-state index in [2.05, 4.69) is 30.8 Å². The Bertz CT molecular complexity index is 1380. The van der Waals surface area contributed by atoms with Crippen molar-refractivity contribution in [2.45, 2.75) is 89.0 Å². The van der Waals surface area contributed by atoms with E-state index in [0.717, 1.165) is 11.2 Å². The van der Waals surface area contributed by atoms with E-state index in [-0.39, 0.29) is 44.6 Å². The van der Waals surface area contributed by atoms with Crippen LogP contribution < -0.4 is 10.6 Å². The fourth-order valence-electron chi connectivity index (χ4n) is 4.33.